The van der Waals surface area contributed by atoms with E-state index in [2.05, 4.69) is 66.7 Å². The first-order valence-electron chi connectivity index (χ1n) is 24.2. The molecule has 2 heteroatoms. The van der Waals surface area contributed by atoms with Crippen LogP contribution in [0.15, 0.2) is 23.8 Å². The van der Waals surface area contributed by atoms with Crippen molar-refractivity contribution in [2.45, 2.75) is 241 Å². The molecule has 0 N–H and O–H groups in total. The molecule has 9 unspecified atom stereocenters. The van der Waals surface area contributed by atoms with Crippen molar-refractivity contribution in [3.8, 4) is 0 Å². The van der Waals surface area contributed by atoms with Crippen molar-refractivity contribution in [1.29, 1.82) is 0 Å². The standard InChI is InChI=1S/C51H90O2/c1-8-9-10-11-12-13-14-15-16-17-18-19-20-21-22-23-24-25-26-27-28-49(52)53-44-35-37-50(6)43(39-44)31-32-45-47-34-33-46(51(47,7)38-36-48(45)50)42(5)30-29-41(4)40(2)3/h29-31,40-42,44-48H,8-28,32-39H2,1-7H3/b30-29+. The van der Waals surface area contributed by atoms with E-state index >= 15 is 0 Å². The summed E-state index contributed by atoms with van der Waals surface area (Å²) in [5.41, 5.74) is 2.45. The predicted molar refractivity (Wildman–Crippen MR) is 230 cm³/mol. The summed E-state index contributed by atoms with van der Waals surface area (Å²) in [5, 5.41) is 0. The van der Waals surface area contributed by atoms with Crippen molar-refractivity contribution in [3.63, 3.8) is 0 Å². The van der Waals surface area contributed by atoms with Gasteiger partial charge in [0.15, 0.2) is 0 Å². The highest BCUT2D eigenvalue weighted by Gasteiger charge is 2.59. The fourth-order valence-corrected chi connectivity index (χ4v) is 12.1. The van der Waals surface area contributed by atoms with Crippen molar-refractivity contribution < 1.29 is 9.53 Å². The Labute approximate surface area is 331 Å². The number of carbonyl (C=O) groups is 1. The van der Waals surface area contributed by atoms with E-state index < -0.39 is 0 Å². The second-order valence-electron chi connectivity index (χ2n) is 20.2. The van der Waals surface area contributed by atoms with Gasteiger partial charge in [0.05, 0.1) is 0 Å². The Hall–Kier alpha value is -1.05. The van der Waals surface area contributed by atoms with Crippen molar-refractivity contribution >= 4 is 5.97 Å². The minimum Gasteiger partial charge on any atom is -0.462 e. The largest absolute Gasteiger partial charge is 0.462 e. The van der Waals surface area contributed by atoms with Crippen LogP contribution >= 0.6 is 0 Å². The van der Waals surface area contributed by atoms with Crippen molar-refractivity contribution in [2.75, 3.05) is 0 Å². The Morgan fingerprint density at radius 1 is 0.698 bits per heavy atom. The van der Waals surface area contributed by atoms with Crippen LogP contribution in [0, 0.1) is 52.3 Å². The number of ether oxygens (including phenoxy) is 1. The quantitative estimate of drug-likeness (QED) is 0.0502. The lowest BCUT2D eigenvalue weighted by Gasteiger charge is -2.58. The first-order valence-corrected chi connectivity index (χ1v) is 24.2. The van der Waals surface area contributed by atoms with Gasteiger partial charge in [0, 0.05) is 12.8 Å². The van der Waals surface area contributed by atoms with Crippen LogP contribution in [0.5, 0.6) is 0 Å². The molecule has 0 aromatic heterocycles. The zero-order valence-electron chi connectivity index (χ0n) is 36.7. The summed E-state index contributed by atoms with van der Waals surface area (Å²) < 4.78 is 6.16. The molecule has 306 valence electrons. The van der Waals surface area contributed by atoms with E-state index in [4.69, 9.17) is 4.74 Å². The second-order valence-corrected chi connectivity index (χ2v) is 20.2. The molecule has 0 aromatic rings. The first-order chi connectivity index (χ1) is 25.6. The number of allylic oxidation sites excluding steroid dienone is 3. The molecule has 3 fully saturated rings. The topological polar surface area (TPSA) is 26.3 Å². The fraction of sp³-hybridized carbons (Fsp3) is 0.902. The molecule has 0 amide bonds. The summed E-state index contributed by atoms with van der Waals surface area (Å²) in [6.45, 7) is 17.2. The fourth-order valence-electron chi connectivity index (χ4n) is 12.1. The molecule has 9 atom stereocenters. The minimum absolute atomic E-state index is 0.0617. The van der Waals surface area contributed by atoms with Crippen LogP contribution < -0.4 is 0 Å². The maximum absolute atomic E-state index is 12.9. The highest BCUT2D eigenvalue weighted by Crippen LogP contribution is 2.67. The number of carbonyl (C=O) groups excluding carboxylic acids is 1. The molecule has 0 spiro atoms. The Bertz CT molecular complexity index is 1090. The smallest absolute Gasteiger partial charge is 0.306 e. The maximum Gasteiger partial charge on any atom is 0.306 e. The average Bonchev–Trinajstić information content (AvgIpc) is 3.50. The Morgan fingerprint density at radius 2 is 1.25 bits per heavy atom. The molecule has 2 nitrogen and oxygen atoms in total. The number of esters is 1. The van der Waals surface area contributed by atoms with E-state index in [-0.39, 0.29) is 12.1 Å². The van der Waals surface area contributed by atoms with E-state index in [1.165, 1.54) is 161 Å². The molecule has 53 heavy (non-hydrogen) atoms. The van der Waals surface area contributed by atoms with Crippen LogP contribution in [0.4, 0.5) is 0 Å². The van der Waals surface area contributed by atoms with Gasteiger partial charge in [-0.1, -0.05) is 194 Å². The molecule has 4 aliphatic carbocycles. The summed E-state index contributed by atoms with van der Waals surface area (Å²) in [6.07, 6.45) is 46.3. The molecular weight excluding hydrogens is 645 g/mol. The molecule has 0 radical (unpaired) electrons. The number of fused-ring (bicyclic) bond motifs is 5. The normalized spacial score (nSPS) is 30.9. The summed E-state index contributed by atoms with van der Waals surface area (Å²) in [4.78, 5) is 12.9. The Balaban J connectivity index is 1.04. The van der Waals surface area contributed by atoms with Crippen LogP contribution in [-0.4, -0.2) is 12.1 Å². The Morgan fingerprint density at radius 3 is 1.79 bits per heavy atom. The third kappa shape index (κ3) is 13.3. The molecule has 4 aliphatic rings. The summed E-state index contributed by atoms with van der Waals surface area (Å²) >= 11 is 0. The van der Waals surface area contributed by atoms with E-state index in [0.29, 0.717) is 29.1 Å². The van der Waals surface area contributed by atoms with Gasteiger partial charge in [-0.25, -0.2) is 0 Å². The van der Waals surface area contributed by atoms with E-state index in [1.807, 2.05) is 0 Å². The van der Waals surface area contributed by atoms with Gasteiger partial charge in [0.1, 0.15) is 6.10 Å². The average molecular weight is 735 g/mol. The highest BCUT2D eigenvalue weighted by molar-refractivity contribution is 5.69. The molecule has 0 bridgehead atoms. The van der Waals surface area contributed by atoms with Crippen molar-refractivity contribution in [2.24, 2.45) is 52.3 Å². The first kappa shape index (κ1) is 44.7. The van der Waals surface area contributed by atoms with Crippen LogP contribution in [0.25, 0.3) is 0 Å². The SMILES string of the molecule is CCCCCCCCCCCCCCCCCCCCCCC(=O)OC1CCC2(C)C(=CCC3C2CCC2(C)C(C(C)/C=C/C(C)C(C)C)CCC32)C1. The van der Waals surface area contributed by atoms with Gasteiger partial charge in [-0.3, -0.25) is 4.79 Å². The van der Waals surface area contributed by atoms with Gasteiger partial charge in [-0.2, -0.15) is 0 Å². The molecule has 0 aromatic carbocycles. The predicted octanol–water partition coefficient (Wildman–Crippen LogP) is 16.2. The maximum atomic E-state index is 12.9. The van der Waals surface area contributed by atoms with Crippen LogP contribution in [0.1, 0.15) is 235 Å². The molecule has 0 saturated heterocycles. The number of unbranched alkanes of at least 4 members (excludes halogenated alkanes) is 19. The molecule has 0 aliphatic heterocycles. The van der Waals surface area contributed by atoms with E-state index in [1.54, 1.807) is 5.57 Å². The van der Waals surface area contributed by atoms with Gasteiger partial charge >= 0.3 is 5.97 Å². The molecule has 3 saturated carbocycles. The molecular formula is C51H90O2. The number of hydrogen-bond donors (Lipinski definition) is 0. The highest BCUT2D eigenvalue weighted by atomic mass is 16.5. The van der Waals surface area contributed by atoms with Crippen LogP contribution in [0.3, 0.4) is 0 Å². The molecule has 0 heterocycles. The number of rotatable bonds is 26. The van der Waals surface area contributed by atoms with Gasteiger partial charge in [-0.05, 0) is 104 Å². The van der Waals surface area contributed by atoms with Crippen molar-refractivity contribution in [3.05, 3.63) is 23.8 Å². The van der Waals surface area contributed by atoms with E-state index in [0.717, 1.165) is 48.9 Å². The zero-order chi connectivity index (χ0) is 38.1. The molecule has 4 rings (SSSR count). The lowest BCUT2D eigenvalue weighted by atomic mass is 9.47. The summed E-state index contributed by atoms with van der Waals surface area (Å²) in [6, 6.07) is 0. The zero-order valence-corrected chi connectivity index (χ0v) is 36.7. The number of hydrogen-bond acceptors (Lipinski definition) is 2. The summed E-state index contributed by atoms with van der Waals surface area (Å²) in [5.74, 6) is 5.49. The third-order valence-corrected chi connectivity index (χ3v) is 16.1. The van der Waals surface area contributed by atoms with Gasteiger partial charge in [0.2, 0.25) is 0 Å². The second kappa shape index (κ2) is 23.2. The van der Waals surface area contributed by atoms with Crippen LogP contribution in [-0.2, 0) is 9.53 Å². The van der Waals surface area contributed by atoms with Gasteiger partial charge in [-0.15, -0.1) is 0 Å². The van der Waals surface area contributed by atoms with E-state index in [9.17, 15) is 4.79 Å². The lowest BCUT2D eigenvalue weighted by molar-refractivity contribution is -0.151. The van der Waals surface area contributed by atoms with Gasteiger partial charge in [0.25, 0.3) is 0 Å². The Kier molecular flexibility index (Phi) is 19.6. The lowest BCUT2D eigenvalue weighted by Crippen LogP contribution is -2.51. The monoisotopic (exact) mass is 735 g/mol. The third-order valence-electron chi connectivity index (χ3n) is 16.1. The van der Waals surface area contributed by atoms with Crippen LogP contribution in [0.2, 0.25) is 0 Å². The summed E-state index contributed by atoms with van der Waals surface area (Å²) in [7, 11) is 0. The van der Waals surface area contributed by atoms with Gasteiger partial charge < -0.3 is 4.74 Å². The minimum atomic E-state index is 0.0617. The van der Waals surface area contributed by atoms with Crippen molar-refractivity contribution in [1.82, 2.24) is 0 Å².